The summed E-state index contributed by atoms with van der Waals surface area (Å²) in [4.78, 5) is 23.1. The van der Waals surface area contributed by atoms with Crippen molar-refractivity contribution in [3.05, 3.63) is 24.3 Å². The number of carbonyl (C=O) groups excluding carboxylic acids is 2. The van der Waals surface area contributed by atoms with E-state index in [1.165, 1.54) is 38.1 Å². The van der Waals surface area contributed by atoms with Crippen molar-refractivity contribution < 1.29 is 22.7 Å². The molecule has 1 aromatic carbocycles. The Morgan fingerprint density at radius 3 is 2.30 bits per heavy atom. The van der Waals surface area contributed by atoms with E-state index in [-0.39, 0.29) is 10.8 Å². The molecule has 9 heteroatoms. The van der Waals surface area contributed by atoms with Crippen LogP contribution in [0.25, 0.3) is 0 Å². The maximum atomic E-state index is 12.4. The first kappa shape index (κ1) is 23.1. The fraction of sp³-hybridized carbons (Fsp3) is 0.556. The number of nitrogens with one attached hydrogen (secondary N) is 3. The van der Waals surface area contributed by atoms with Gasteiger partial charge < -0.3 is 15.4 Å². The first-order valence-electron chi connectivity index (χ1n) is 8.87. The first-order valence-corrected chi connectivity index (χ1v) is 10.4. The third-order valence-electron chi connectivity index (χ3n) is 3.43. The van der Waals surface area contributed by atoms with Crippen LogP contribution in [0, 0.1) is 5.92 Å². The molecular formula is C18H29N3O5S. The Morgan fingerprint density at radius 2 is 1.74 bits per heavy atom. The number of rotatable bonds is 11. The van der Waals surface area contributed by atoms with E-state index in [1.807, 2.05) is 0 Å². The van der Waals surface area contributed by atoms with Gasteiger partial charge in [0, 0.05) is 32.4 Å². The van der Waals surface area contributed by atoms with Crippen LogP contribution < -0.4 is 15.4 Å². The Kier molecular flexibility index (Phi) is 9.40. The molecule has 1 aromatic rings. The summed E-state index contributed by atoms with van der Waals surface area (Å²) < 4.78 is 32.5. The van der Waals surface area contributed by atoms with Gasteiger partial charge in [-0.1, -0.05) is 13.8 Å². The molecule has 0 saturated carbocycles. The summed E-state index contributed by atoms with van der Waals surface area (Å²) in [5, 5.41) is 5.24. The Morgan fingerprint density at radius 1 is 1.11 bits per heavy atom. The number of benzene rings is 1. The molecule has 1 rings (SSSR count). The van der Waals surface area contributed by atoms with Gasteiger partial charge in [0.25, 0.3) is 0 Å². The standard InChI is InChI=1S/C18H29N3O5S/c1-13(2)12-26-11-5-10-19-18(23)14(3)21-27(24,25)17-8-6-16(7-9-17)20-15(4)22/h6-9,13-14,21H,5,10-12H2,1-4H3,(H,19,23)(H,20,22)/t14-/m0/s1. The summed E-state index contributed by atoms with van der Waals surface area (Å²) in [6.07, 6.45) is 0.655. The molecule has 0 bridgehead atoms. The van der Waals surface area contributed by atoms with Crippen molar-refractivity contribution in [1.29, 1.82) is 0 Å². The summed E-state index contributed by atoms with van der Waals surface area (Å²) in [7, 11) is -3.85. The van der Waals surface area contributed by atoms with Crippen LogP contribution in [0.15, 0.2) is 29.2 Å². The van der Waals surface area contributed by atoms with Gasteiger partial charge in [0.1, 0.15) is 0 Å². The van der Waals surface area contributed by atoms with Crippen LogP contribution in [-0.4, -0.2) is 46.0 Å². The second kappa shape index (κ2) is 11.0. The van der Waals surface area contributed by atoms with Crippen LogP contribution in [-0.2, 0) is 24.3 Å². The van der Waals surface area contributed by atoms with E-state index in [0.717, 1.165) is 0 Å². The quantitative estimate of drug-likeness (QED) is 0.488. The van der Waals surface area contributed by atoms with Crippen molar-refractivity contribution >= 4 is 27.5 Å². The molecule has 8 nitrogen and oxygen atoms in total. The molecule has 152 valence electrons. The van der Waals surface area contributed by atoms with Gasteiger partial charge in [-0.15, -0.1) is 0 Å². The van der Waals surface area contributed by atoms with Crippen LogP contribution >= 0.6 is 0 Å². The number of carbonyl (C=O) groups is 2. The molecule has 3 N–H and O–H groups in total. The van der Waals surface area contributed by atoms with Gasteiger partial charge in [-0.3, -0.25) is 9.59 Å². The zero-order valence-electron chi connectivity index (χ0n) is 16.2. The smallest absolute Gasteiger partial charge is 0.241 e. The Hall–Kier alpha value is -1.97. The van der Waals surface area contributed by atoms with Crippen LogP contribution in [0.5, 0.6) is 0 Å². The maximum Gasteiger partial charge on any atom is 0.241 e. The fourth-order valence-electron chi connectivity index (χ4n) is 2.13. The first-order chi connectivity index (χ1) is 12.6. The number of sulfonamides is 1. The molecule has 0 fully saturated rings. The molecule has 0 aliphatic carbocycles. The number of hydrogen-bond acceptors (Lipinski definition) is 5. The van der Waals surface area contributed by atoms with Crippen molar-refractivity contribution in [3.8, 4) is 0 Å². The highest BCUT2D eigenvalue weighted by Gasteiger charge is 2.21. The predicted molar refractivity (Wildman–Crippen MR) is 104 cm³/mol. The van der Waals surface area contributed by atoms with E-state index in [0.29, 0.717) is 37.8 Å². The summed E-state index contributed by atoms with van der Waals surface area (Å²) >= 11 is 0. The third-order valence-corrected chi connectivity index (χ3v) is 4.98. The zero-order chi connectivity index (χ0) is 20.4. The minimum absolute atomic E-state index is 0.0123. The molecule has 0 aliphatic rings. The second-order valence-corrected chi connectivity index (χ2v) is 8.38. The lowest BCUT2D eigenvalue weighted by Crippen LogP contribution is -2.45. The molecule has 0 radical (unpaired) electrons. The summed E-state index contributed by atoms with van der Waals surface area (Å²) in [5.74, 6) is -0.192. The molecule has 0 unspecified atom stereocenters. The molecule has 0 heterocycles. The van der Waals surface area contributed by atoms with E-state index >= 15 is 0 Å². The summed E-state index contributed by atoms with van der Waals surface area (Å²) in [6.45, 7) is 8.58. The molecule has 0 spiro atoms. The number of amides is 2. The van der Waals surface area contributed by atoms with Gasteiger partial charge in [-0.05, 0) is 43.5 Å². The van der Waals surface area contributed by atoms with Crippen molar-refractivity contribution in [2.45, 2.75) is 45.1 Å². The topological polar surface area (TPSA) is 114 Å². The Labute approximate surface area is 161 Å². The predicted octanol–water partition coefficient (Wildman–Crippen LogP) is 1.49. The highest BCUT2D eigenvalue weighted by atomic mass is 32.2. The van der Waals surface area contributed by atoms with Gasteiger partial charge in [0.05, 0.1) is 10.9 Å². The summed E-state index contributed by atoms with van der Waals surface area (Å²) in [5.41, 5.74) is 0.493. The second-order valence-electron chi connectivity index (χ2n) is 6.66. The maximum absolute atomic E-state index is 12.4. The Balaban J connectivity index is 2.47. The lowest BCUT2D eigenvalue weighted by Gasteiger charge is -2.15. The third kappa shape index (κ3) is 8.98. The van der Waals surface area contributed by atoms with Gasteiger partial charge in [-0.25, -0.2) is 8.42 Å². The average Bonchev–Trinajstić information content (AvgIpc) is 2.57. The fourth-order valence-corrected chi connectivity index (χ4v) is 3.34. The van der Waals surface area contributed by atoms with Crippen molar-refractivity contribution in [1.82, 2.24) is 10.0 Å². The SMILES string of the molecule is CC(=O)Nc1ccc(S(=O)(=O)N[C@@H](C)C(=O)NCCCOCC(C)C)cc1. The molecule has 27 heavy (non-hydrogen) atoms. The van der Waals surface area contributed by atoms with E-state index in [1.54, 1.807) is 0 Å². The van der Waals surface area contributed by atoms with E-state index in [2.05, 4.69) is 29.2 Å². The minimum atomic E-state index is -3.85. The zero-order valence-corrected chi connectivity index (χ0v) is 17.1. The average molecular weight is 400 g/mol. The molecular weight excluding hydrogens is 370 g/mol. The number of hydrogen-bond donors (Lipinski definition) is 3. The highest BCUT2D eigenvalue weighted by molar-refractivity contribution is 7.89. The van der Waals surface area contributed by atoms with Crippen LogP contribution in [0.1, 0.15) is 34.1 Å². The van der Waals surface area contributed by atoms with Gasteiger partial charge >= 0.3 is 0 Å². The van der Waals surface area contributed by atoms with Gasteiger partial charge in [0.2, 0.25) is 21.8 Å². The normalized spacial score (nSPS) is 12.6. The lowest BCUT2D eigenvalue weighted by atomic mass is 10.2. The van der Waals surface area contributed by atoms with Crippen molar-refractivity contribution in [2.24, 2.45) is 5.92 Å². The van der Waals surface area contributed by atoms with E-state index in [4.69, 9.17) is 4.74 Å². The molecule has 0 aromatic heterocycles. The van der Waals surface area contributed by atoms with Crippen LogP contribution in [0.3, 0.4) is 0 Å². The van der Waals surface area contributed by atoms with Gasteiger partial charge in [0.15, 0.2) is 0 Å². The molecule has 2 amide bonds. The molecule has 0 saturated heterocycles. The molecule has 1 atom stereocenters. The highest BCUT2D eigenvalue weighted by Crippen LogP contribution is 2.14. The van der Waals surface area contributed by atoms with Crippen LogP contribution in [0.2, 0.25) is 0 Å². The Bertz CT molecular complexity index is 717. The van der Waals surface area contributed by atoms with Gasteiger partial charge in [-0.2, -0.15) is 4.72 Å². The number of anilines is 1. The van der Waals surface area contributed by atoms with Crippen molar-refractivity contribution in [3.63, 3.8) is 0 Å². The summed E-state index contributed by atoms with van der Waals surface area (Å²) in [6, 6.07) is 4.78. The van der Waals surface area contributed by atoms with Crippen LogP contribution in [0.4, 0.5) is 5.69 Å². The number of ether oxygens (including phenoxy) is 1. The van der Waals surface area contributed by atoms with E-state index < -0.39 is 22.0 Å². The van der Waals surface area contributed by atoms with E-state index in [9.17, 15) is 18.0 Å². The lowest BCUT2D eigenvalue weighted by molar-refractivity contribution is -0.122. The monoisotopic (exact) mass is 399 g/mol. The van der Waals surface area contributed by atoms with Crippen molar-refractivity contribution in [2.75, 3.05) is 25.1 Å². The molecule has 0 aliphatic heterocycles. The largest absolute Gasteiger partial charge is 0.381 e. The minimum Gasteiger partial charge on any atom is -0.381 e.